The maximum atomic E-state index is 13.5. The molecule has 248 valence electrons. The third kappa shape index (κ3) is 9.17. The molecule has 1 saturated heterocycles. The standard InChI is InChI=1S/C35H40N4O8/c1-2-3-11-25(18-23-14-16-24(17-15-23)27-12-7-8-13-28(27)33(42)43)37-35(46)39-21-26(20-30(39)34(44)45)36-31(40)29(32(41)38-47)19-22-9-5-4-6-10-22/h4-10,12-17,25-26,29-30,47H,2-3,11,18-21H2,1H3,(H,36,40)(H,37,46)(H,38,41)(H,42,43)(H,44,45)/t25?,26-,29?,30-/m0/s1. The van der Waals surface area contributed by atoms with Gasteiger partial charge in [-0.1, -0.05) is 92.6 Å². The first-order valence-corrected chi connectivity index (χ1v) is 15.6. The van der Waals surface area contributed by atoms with E-state index >= 15 is 0 Å². The molecule has 1 aliphatic rings. The third-order valence-electron chi connectivity index (χ3n) is 8.36. The number of urea groups is 1. The second kappa shape index (κ2) is 16.4. The number of rotatable bonds is 14. The topological polar surface area (TPSA) is 185 Å². The molecule has 12 nitrogen and oxygen atoms in total. The number of amides is 4. The Bertz CT molecular complexity index is 1560. The van der Waals surface area contributed by atoms with Crippen molar-refractivity contribution < 1.29 is 39.4 Å². The molecule has 1 fully saturated rings. The Morgan fingerprint density at radius 1 is 0.851 bits per heavy atom. The second-order valence-electron chi connectivity index (χ2n) is 11.7. The van der Waals surface area contributed by atoms with E-state index in [1.807, 2.05) is 31.2 Å². The van der Waals surface area contributed by atoms with Crippen LogP contribution in [-0.4, -0.2) is 74.8 Å². The minimum Gasteiger partial charge on any atom is -0.480 e. The van der Waals surface area contributed by atoms with Gasteiger partial charge in [0.15, 0.2) is 0 Å². The molecule has 0 aromatic heterocycles. The Morgan fingerprint density at radius 2 is 1.51 bits per heavy atom. The average Bonchev–Trinajstić information content (AvgIpc) is 3.51. The fourth-order valence-electron chi connectivity index (χ4n) is 5.89. The lowest BCUT2D eigenvalue weighted by Crippen LogP contribution is -2.50. The molecule has 3 aromatic carbocycles. The predicted molar refractivity (Wildman–Crippen MR) is 173 cm³/mol. The van der Waals surface area contributed by atoms with E-state index in [-0.39, 0.29) is 31.0 Å². The number of carboxylic acid groups (broad SMARTS) is 2. The van der Waals surface area contributed by atoms with Gasteiger partial charge in [-0.3, -0.25) is 14.8 Å². The molecule has 4 amide bonds. The molecule has 1 heterocycles. The van der Waals surface area contributed by atoms with Gasteiger partial charge in [0.05, 0.1) is 5.56 Å². The smallest absolute Gasteiger partial charge is 0.336 e. The summed E-state index contributed by atoms with van der Waals surface area (Å²) in [6, 6.07) is 20.2. The Labute approximate surface area is 272 Å². The molecule has 3 aromatic rings. The van der Waals surface area contributed by atoms with Gasteiger partial charge in [-0.25, -0.2) is 19.9 Å². The summed E-state index contributed by atoms with van der Waals surface area (Å²) in [7, 11) is 0. The number of carboxylic acids is 2. The zero-order valence-electron chi connectivity index (χ0n) is 26.1. The van der Waals surface area contributed by atoms with Gasteiger partial charge >= 0.3 is 18.0 Å². The van der Waals surface area contributed by atoms with Gasteiger partial charge in [-0.15, -0.1) is 0 Å². The van der Waals surface area contributed by atoms with Gasteiger partial charge in [-0.05, 0) is 47.6 Å². The number of hydrogen-bond acceptors (Lipinski definition) is 6. The molecule has 1 aliphatic heterocycles. The number of benzene rings is 3. The number of unbranched alkanes of at least 4 members (excludes halogenated alkanes) is 1. The van der Waals surface area contributed by atoms with E-state index in [9.17, 15) is 39.4 Å². The van der Waals surface area contributed by atoms with E-state index in [2.05, 4.69) is 10.6 Å². The summed E-state index contributed by atoms with van der Waals surface area (Å²) in [6.07, 6.45) is 2.80. The molecule has 12 heteroatoms. The monoisotopic (exact) mass is 644 g/mol. The van der Waals surface area contributed by atoms with Crippen molar-refractivity contribution >= 4 is 29.8 Å². The number of likely N-dealkylation sites (tertiary alicyclic amines) is 1. The van der Waals surface area contributed by atoms with Gasteiger partial charge in [0.25, 0.3) is 5.91 Å². The SMILES string of the molecule is CCCCC(Cc1ccc(-c2ccccc2C(=O)O)cc1)NC(=O)N1C[C@@H](NC(=O)C(Cc2ccccc2)C(=O)NO)C[C@H]1C(=O)O. The molecule has 4 rings (SSSR count). The molecule has 6 N–H and O–H groups in total. The van der Waals surface area contributed by atoms with Crippen LogP contribution in [0, 0.1) is 5.92 Å². The highest BCUT2D eigenvalue weighted by Crippen LogP contribution is 2.25. The third-order valence-corrected chi connectivity index (χ3v) is 8.36. The molecule has 0 saturated carbocycles. The maximum absolute atomic E-state index is 13.5. The highest BCUT2D eigenvalue weighted by Gasteiger charge is 2.42. The summed E-state index contributed by atoms with van der Waals surface area (Å²) in [5.74, 6) is -5.08. The molecule has 0 spiro atoms. The zero-order valence-corrected chi connectivity index (χ0v) is 26.1. The molecule has 0 radical (unpaired) electrons. The van der Waals surface area contributed by atoms with Crippen LogP contribution in [0.2, 0.25) is 0 Å². The molecular weight excluding hydrogens is 604 g/mol. The van der Waals surface area contributed by atoms with E-state index in [1.54, 1.807) is 54.6 Å². The van der Waals surface area contributed by atoms with Crippen LogP contribution in [0.3, 0.4) is 0 Å². The number of carbonyl (C=O) groups is 5. The molecule has 4 atom stereocenters. The molecule has 0 aliphatic carbocycles. The van der Waals surface area contributed by atoms with Crippen molar-refractivity contribution in [3.63, 3.8) is 0 Å². The molecule has 2 unspecified atom stereocenters. The molecule has 47 heavy (non-hydrogen) atoms. The van der Waals surface area contributed by atoms with E-state index in [4.69, 9.17) is 0 Å². The Kier molecular flexibility index (Phi) is 12.1. The van der Waals surface area contributed by atoms with Crippen LogP contribution >= 0.6 is 0 Å². The highest BCUT2D eigenvalue weighted by molar-refractivity contribution is 6.00. The number of nitrogens with one attached hydrogen (secondary N) is 3. The number of hydrogen-bond donors (Lipinski definition) is 6. The van der Waals surface area contributed by atoms with Crippen molar-refractivity contribution in [3.8, 4) is 11.1 Å². The van der Waals surface area contributed by atoms with E-state index in [1.165, 1.54) is 10.4 Å². The lowest BCUT2D eigenvalue weighted by Gasteiger charge is -2.26. The quantitative estimate of drug-likeness (QED) is 0.0867. The normalized spacial score (nSPS) is 16.9. The van der Waals surface area contributed by atoms with Crippen LogP contribution in [-0.2, 0) is 27.2 Å². The number of nitrogens with zero attached hydrogens (tertiary/aromatic N) is 1. The summed E-state index contributed by atoms with van der Waals surface area (Å²) in [5.41, 5.74) is 4.69. The van der Waals surface area contributed by atoms with Crippen LogP contribution in [0.1, 0.15) is 54.1 Å². The van der Waals surface area contributed by atoms with Gasteiger partial charge in [-0.2, -0.15) is 0 Å². The van der Waals surface area contributed by atoms with Crippen molar-refractivity contribution in [2.75, 3.05) is 6.54 Å². The minimum absolute atomic E-state index is 0.0184. The Balaban J connectivity index is 1.43. The lowest BCUT2D eigenvalue weighted by molar-refractivity contribution is -0.142. The summed E-state index contributed by atoms with van der Waals surface area (Å²) >= 11 is 0. The summed E-state index contributed by atoms with van der Waals surface area (Å²) in [6.45, 7) is 1.95. The van der Waals surface area contributed by atoms with Crippen molar-refractivity contribution in [2.24, 2.45) is 5.92 Å². The summed E-state index contributed by atoms with van der Waals surface area (Å²) < 4.78 is 0. The van der Waals surface area contributed by atoms with Gasteiger partial charge in [0.2, 0.25) is 5.91 Å². The lowest BCUT2D eigenvalue weighted by atomic mass is 9.96. The molecular formula is C35H40N4O8. The number of aliphatic carboxylic acids is 1. The van der Waals surface area contributed by atoms with Crippen molar-refractivity contribution in [2.45, 2.75) is 63.6 Å². The van der Waals surface area contributed by atoms with Crippen molar-refractivity contribution in [1.82, 2.24) is 21.0 Å². The predicted octanol–water partition coefficient (Wildman–Crippen LogP) is 3.87. The number of carbonyl (C=O) groups excluding carboxylic acids is 3. The van der Waals surface area contributed by atoms with E-state index in [0.29, 0.717) is 24.0 Å². The second-order valence-corrected chi connectivity index (χ2v) is 11.7. The van der Waals surface area contributed by atoms with E-state index < -0.39 is 47.8 Å². The van der Waals surface area contributed by atoms with Crippen molar-refractivity contribution in [1.29, 1.82) is 0 Å². The summed E-state index contributed by atoms with van der Waals surface area (Å²) in [5, 5.41) is 34.4. The van der Waals surface area contributed by atoms with Crippen LogP contribution in [0.25, 0.3) is 11.1 Å². The van der Waals surface area contributed by atoms with Crippen LogP contribution in [0.15, 0.2) is 78.9 Å². The fraction of sp³-hybridized carbons (Fsp3) is 0.343. The number of aromatic carboxylic acids is 1. The van der Waals surface area contributed by atoms with Crippen molar-refractivity contribution in [3.05, 3.63) is 95.6 Å². The minimum atomic E-state index is -1.27. The zero-order chi connectivity index (χ0) is 33.9. The number of hydroxylamine groups is 1. The maximum Gasteiger partial charge on any atom is 0.336 e. The first-order valence-electron chi connectivity index (χ1n) is 15.6. The average molecular weight is 645 g/mol. The first kappa shape index (κ1) is 34.6. The largest absolute Gasteiger partial charge is 0.480 e. The van der Waals surface area contributed by atoms with Gasteiger partial charge < -0.3 is 25.7 Å². The van der Waals surface area contributed by atoms with Crippen LogP contribution < -0.4 is 16.1 Å². The Hall–Kier alpha value is -5.23. The van der Waals surface area contributed by atoms with Gasteiger partial charge in [0.1, 0.15) is 12.0 Å². The van der Waals surface area contributed by atoms with Crippen LogP contribution in [0.5, 0.6) is 0 Å². The Morgan fingerprint density at radius 3 is 2.15 bits per heavy atom. The van der Waals surface area contributed by atoms with Crippen LogP contribution in [0.4, 0.5) is 4.79 Å². The fourth-order valence-corrected chi connectivity index (χ4v) is 5.89. The highest BCUT2D eigenvalue weighted by atomic mass is 16.5. The summed E-state index contributed by atoms with van der Waals surface area (Å²) in [4.78, 5) is 64.0. The molecule has 0 bridgehead atoms. The van der Waals surface area contributed by atoms with Gasteiger partial charge in [0, 0.05) is 25.0 Å². The van der Waals surface area contributed by atoms with E-state index in [0.717, 1.165) is 24.0 Å². The first-order chi connectivity index (χ1) is 22.6.